The van der Waals surface area contributed by atoms with Crippen molar-refractivity contribution in [2.24, 2.45) is 0 Å². The van der Waals surface area contributed by atoms with E-state index in [2.05, 4.69) is 4.98 Å². The molecule has 0 unspecified atom stereocenters. The Labute approximate surface area is 158 Å². The second-order valence-corrected chi connectivity index (χ2v) is 8.87. The van der Waals surface area contributed by atoms with Crippen molar-refractivity contribution < 1.29 is 30.8 Å². The van der Waals surface area contributed by atoms with Crippen LogP contribution in [0.15, 0.2) is 41.4 Å². The van der Waals surface area contributed by atoms with Gasteiger partial charge in [-0.05, 0) is 44.2 Å². The molecule has 0 spiro atoms. The molecule has 0 atom stereocenters. The zero-order chi connectivity index (χ0) is 21.3. The Kier molecular flexibility index (Phi) is 5.62. The number of nitrogens with zero attached hydrogens (tertiary/aromatic N) is 2. The first-order valence-electron chi connectivity index (χ1n) is 7.80. The number of benzene rings is 1. The van der Waals surface area contributed by atoms with E-state index in [1.807, 2.05) is 0 Å². The molecule has 0 bridgehead atoms. The number of carbonyl (C=O) groups excluding carboxylic acids is 1. The Morgan fingerprint density at radius 2 is 1.82 bits per heavy atom. The molecular weight excluding hydrogens is 400 g/mol. The minimum atomic E-state index is -4.59. The Balaban J connectivity index is 2.32. The van der Waals surface area contributed by atoms with Crippen molar-refractivity contribution in [2.75, 3.05) is 0 Å². The van der Waals surface area contributed by atoms with Crippen LogP contribution in [0, 0.1) is 17.1 Å². The van der Waals surface area contributed by atoms with Crippen molar-refractivity contribution in [1.29, 1.82) is 5.26 Å². The summed E-state index contributed by atoms with van der Waals surface area (Å²) in [6, 6.07) is 6.12. The van der Waals surface area contributed by atoms with Gasteiger partial charge in [0.2, 0.25) is 0 Å². The van der Waals surface area contributed by atoms with E-state index >= 15 is 0 Å². The number of halogens is 4. The van der Waals surface area contributed by atoms with E-state index in [9.17, 15) is 30.8 Å². The van der Waals surface area contributed by atoms with E-state index in [1.165, 1.54) is 0 Å². The maximum atomic E-state index is 14.1. The highest BCUT2D eigenvalue weighted by Crippen LogP contribution is 2.31. The molecule has 0 amide bonds. The predicted octanol–water partition coefficient (Wildman–Crippen LogP) is 3.48. The maximum absolute atomic E-state index is 14.1. The largest absolute Gasteiger partial charge is 0.417 e. The molecule has 0 radical (unpaired) electrons. The van der Waals surface area contributed by atoms with Crippen molar-refractivity contribution in [3.8, 4) is 6.07 Å². The molecule has 1 aromatic carbocycles. The molecule has 28 heavy (non-hydrogen) atoms. The SMILES string of the molecule is CC(C)(C(=O)Cc1ccc(C(F)(F)F)cn1)S(=O)(=O)c1ccc(C#N)cc1F. The summed E-state index contributed by atoms with van der Waals surface area (Å²) in [5, 5.41) is 8.74. The second kappa shape index (κ2) is 7.31. The first-order valence-corrected chi connectivity index (χ1v) is 9.28. The summed E-state index contributed by atoms with van der Waals surface area (Å²) in [6.45, 7) is 2.15. The molecule has 0 aliphatic carbocycles. The molecular formula is C18H14F4N2O3S. The highest BCUT2D eigenvalue weighted by molar-refractivity contribution is 7.93. The van der Waals surface area contributed by atoms with Gasteiger partial charge in [0, 0.05) is 11.9 Å². The number of carbonyl (C=O) groups is 1. The smallest absolute Gasteiger partial charge is 0.298 e. The van der Waals surface area contributed by atoms with Gasteiger partial charge in [-0.1, -0.05) is 0 Å². The van der Waals surface area contributed by atoms with Crippen LogP contribution in [0.5, 0.6) is 0 Å². The standard InChI is InChI=1S/C18H14F4N2O3S/c1-17(2,28(26,27)15-6-3-11(9-23)7-14(15)19)16(25)8-13-5-4-12(10-24-13)18(20,21)22/h3-7,10H,8H2,1-2H3. The molecule has 1 heterocycles. The van der Waals surface area contributed by atoms with E-state index in [4.69, 9.17) is 5.26 Å². The molecule has 2 aromatic rings. The van der Waals surface area contributed by atoms with Crippen LogP contribution in [0.2, 0.25) is 0 Å². The van der Waals surface area contributed by atoms with Gasteiger partial charge in [0.25, 0.3) is 0 Å². The fourth-order valence-electron chi connectivity index (χ4n) is 2.29. The molecule has 5 nitrogen and oxygen atoms in total. The second-order valence-electron chi connectivity index (χ2n) is 6.41. The number of hydrogen-bond donors (Lipinski definition) is 0. The normalized spacial score (nSPS) is 12.5. The van der Waals surface area contributed by atoms with Crippen LogP contribution in [0.25, 0.3) is 0 Å². The van der Waals surface area contributed by atoms with Crippen molar-refractivity contribution >= 4 is 15.6 Å². The van der Waals surface area contributed by atoms with Gasteiger partial charge in [0.15, 0.2) is 15.6 Å². The third kappa shape index (κ3) is 4.04. The Morgan fingerprint density at radius 3 is 2.29 bits per heavy atom. The number of pyridine rings is 1. The van der Waals surface area contributed by atoms with Crippen molar-refractivity contribution in [1.82, 2.24) is 4.98 Å². The quantitative estimate of drug-likeness (QED) is 0.699. The van der Waals surface area contributed by atoms with Gasteiger partial charge >= 0.3 is 6.18 Å². The number of Topliss-reactive ketones (excluding diaryl/α,β-unsaturated/α-hetero) is 1. The van der Waals surface area contributed by atoms with Crippen LogP contribution >= 0.6 is 0 Å². The van der Waals surface area contributed by atoms with E-state index < -0.39 is 49.2 Å². The highest BCUT2D eigenvalue weighted by atomic mass is 32.2. The molecule has 148 valence electrons. The topological polar surface area (TPSA) is 87.9 Å². The summed E-state index contributed by atoms with van der Waals surface area (Å²) in [4.78, 5) is 15.4. The molecule has 10 heteroatoms. The van der Waals surface area contributed by atoms with E-state index in [0.29, 0.717) is 6.20 Å². The fraction of sp³-hybridized carbons (Fsp3) is 0.278. The predicted molar refractivity (Wildman–Crippen MR) is 90.3 cm³/mol. The molecule has 0 aliphatic rings. The summed E-state index contributed by atoms with van der Waals surface area (Å²) in [6.07, 6.45) is -4.60. The first-order chi connectivity index (χ1) is 12.8. The number of rotatable bonds is 5. The van der Waals surface area contributed by atoms with Crippen LogP contribution < -0.4 is 0 Å². The average Bonchev–Trinajstić information content (AvgIpc) is 2.60. The summed E-state index contributed by atoms with van der Waals surface area (Å²) in [7, 11) is -4.49. The first kappa shape index (κ1) is 21.5. The van der Waals surface area contributed by atoms with Gasteiger partial charge in [0.05, 0.1) is 23.6 Å². The third-order valence-corrected chi connectivity index (χ3v) is 6.67. The average molecular weight is 414 g/mol. The lowest BCUT2D eigenvalue weighted by atomic mass is 10.0. The highest BCUT2D eigenvalue weighted by Gasteiger charge is 2.43. The lowest BCUT2D eigenvalue weighted by Gasteiger charge is -2.23. The molecule has 0 aliphatic heterocycles. The van der Waals surface area contributed by atoms with Gasteiger partial charge in [-0.2, -0.15) is 18.4 Å². The van der Waals surface area contributed by atoms with E-state index in [-0.39, 0.29) is 11.3 Å². The van der Waals surface area contributed by atoms with Crippen molar-refractivity contribution in [2.45, 2.75) is 36.1 Å². The molecule has 0 saturated heterocycles. The number of aromatic nitrogens is 1. The molecule has 0 saturated carbocycles. The minimum Gasteiger partial charge on any atom is -0.298 e. The van der Waals surface area contributed by atoms with E-state index in [0.717, 1.165) is 44.2 Å². The van der Waals surface area contributed by atoms with Gasteiger partial charge in [-0.15, -0.1) is 0 Å². The van der Waals surface area contributed by atoms with Gasteiger partial charge in [-0.25, -0.2) is 12.8 Å². The molecule has 0 fully saturated rings. The number of nitriles is 1. The van der Waals surface area contributed by atoms with E-state index in [1.54, 1.807) is 6.07 Å². The molecule has 1 aromatic heterocycles. The van der Waals surface area contributed by atoms with Crippen LogP contribution in [-0.4, -0.2) is 23.9 Å². The Morgan fingerprint density at radius 1 is 1.18 bits per heavy atom. The lowest BCUT2D eigenvalue weighted by Crippen LogP contribution is -2.42. The number of sulfone groups is 1. The van der Waals surface area contributed by atoms with Crippen LogP contribution in [0.4, 0.5) is 17.6 Å². The van der Waals surface area contributed by atoms with Crippen molar-refractivity contribution in [3.05, 3.63) is 59.2 Å². The van der Waals surface area contributed by atoms with Crippen LogP contribution in [0.1, 0.15) is 30.7 Å². The lowest BCUT2D eigenvalue weighted by molar-refractivity contribution is -0.137. The third-order valence-electron chi connectivity index (χ3n) is 4.19. The number of hydrogen-bond acceptors (Lipinski definition) is 5. The maximum Gasteiger partial charge on any atom is 0.417 e. The molecule has 0 N–H and O–H groups in total. The van der Waals surface area contributed by atoms with Gasteiger partial charge in [-0.3, -0.25) is 9.78 Å². The van der Waals surface area contributed by atoms with Crippen LogP contribution in [-0.2, 0) is 27.2 Å². The fourth-order valence-corrected chi connectivity index (χ4v) is 3.77. The van der Waals surface area contributed by atoms with Gasteiger partial charge < -0.3 is 0 Å². The zero-order valence-corrected chi connectivity index (χ0v) is 15.5. The Hall–Kier alpha value is -2.80. The Bertz CT molecular complexity index is 1050. The summed E-state index contributed by atoms with van der Waals surface area (Å²) in [5.41, 5.74) is -1.15. The monoisotopic (exact) mass is 414 g/mol. The zero-order valence-electron chi connectivity index (χ0n) is 14.7. The summed E-state index contributed by atoms with van der Waals surface area (Å²) < 4.78 is 75.3. The minimum absolute atomic E-state index is 0.0541. The summed E-state index contributed by atoms with van der Waals surface area (Å²) in [5.74, 6) is -2.05. The number of ketones is 1. The van der Waals surface area contributed by atoms with Crippen molar-refractivity contribution in [3.63, 3.8) is 0 Å². The van der Waals surface area contributed by atoms with Crippen LogP contribution in [0.3, 0.4) is 0 Å². The summed E-state index contributed by atoms with van der Waals surface area (Å²) >= 11 is 0. The van der Waals surface area contributed by atoms with Gasteiger partial charge in [0.1, 0.15) is 15.5 Å². The number of alkyl halides is 3. The molecule has 2 rings (SSSR count).